The van der Waals surface area contributed by atoms with Crippen molar-refractivity contribution in [2.75, 3.05) is 4.90 Å². The molecule has 62 heavy (non-hydrogen) atoms. The van der Waals surface area contributed by atoms with Gasteiger partial charge < -0.3 is 9.64 Å². The number of para-hydroxylation sites is 4. The molecule has 2 aliphatic heterocycles. The highest BCUT2D eigenvalue weighted by Crippen LogP contribution is 2.65. The molecule has 7 heteroatoms. The third kappa shape index (κ3) is 5.06. The highest BCUT2D eigenvalue weighted by molar-refractivity contribution is 7.99. The Balaban J connectivity index is 0.984. The lowest BCUT2D eigenvalue weighted by atomic mass is 9.67. The quantitative estimate of drug-likeness (QED) is 0.175. The lowest BCUT2D eigenvalue weighted by Gasteiger charge is -2.41. The summed E-state index contributed by atoms with van der Waals surface area (Å²) in [6, 6.07) is 65.9. The van der Waals surface area contributed by atoms with E-state index in [4.69, 9.17) is 24.7 Å². The summed E-state index contributed by atoms with van der Waals surface area (Å²) in [7, 11) is 0. The van der Waals surface area contributed by atoms with Crippen molar-refractivity contribution in [2.24, 2.45) is 0 Å². The lowest BCUT2D eigenvalue weighted by molar-refractivity contribution is 0.461. The van der Waals surface area contributed by atoms with Crippen LogP contribution in [-0.2, 0) is 5.41 Å². The molecule has 1 atom stereocenters. The van der Waals surface area contributed by atoms with Crippen molar-refractivity contribution in [3.63, 3.8) is 0 Å². The Bertz CT molecular complexity index is 3430. The van der Waals surface area contributed by atoms with E-state index in [0.29, 0.717) is 5.82 Å². The average molecular weight is 812 g/mol. The molecule has 6 nitrogen and oxygen atoms in total. The van der Waals surface area contributed by atoms with Crippen molar-refractivity contribution in [3.05, 3.63) is 223 Å². The lowest BCUT2D eigenvalue weighted by Crippen LogP contribution is -2.32. The van der Waals surface area contributed by atoms with E-state index in [1.807, 2.05) is 48.8 Å². The van der Waals surface area contributed by atoms with E-state index < -0.39 is 5.41 Å². The third-order valence-corrected chi connectivity index (χ3v) is 13.6. The van der Waals surface area contributed by atoms with Crippen LogP contribution < -0.4 is 9.64 Å². The second kappa shape index (κ2) is 13.6. The number of ether oxygens (including phenoxy) is 1. The summed E-state index contributed by atoms with van der Waals surface area (Å²) >= 11 is 1.77. The van der Waals surface area contributed by atoms with Gasteiger partial charge in [0, 0.05) is 50.6 Å². The maximum absolute atomic E-state index is 7.01. The first-order chi connectivity index (χ1) is 30.7. The molecule has 0 amide bonds. The molecule has 0 saturated carbocycles. The zero-order valence-electron chi connectivity index (χ0n) is 33.1. The number of anilines is 3. The molecule has 3 aliphatic rings. The Hall–Kier alpha value is -7.87. The van der Waals surface area contributed by atoms with Crippen molar-refractivity contribution >= 4 is 39.7 Å². The van der Waals surface area contributed by atoms with Gasteiger partial charge in [-0.25, -0.2) is 9.97 Å². The second-order valence-electron chi connectivity index (χ2n) is 15.8. The van der Waals surface area contributed by atoms with Gasteiger partial charge in [-0.05, 0) is 76.9 Å². The summed E-state index contributed by atoms with van der Waals surface area (Å²) in [5.41, 5.74) is 14.6. The largest absolute Gasteiger partial charge is 0.452 e. The van der Waals surface area contributed by atoms with Crippen molar-refractivity contribution in [3.8, 4) is 56.7 Å². The summed E-state index contributed by atoms with van der Waals surface area (Å²) in [5, 5.41) is 1.03. The summed E-state index contributed by atoms with van der Waals surface area (Å²) in [4.78, 5) is 25.0. The van der Waals surface area contributed by atoms with Crippen LogP contribution in [0.4, 0.5) is 17.1 Å². The molecule has 0 fully saturated rings. The van der Waals surface area contributed by atoms with Crippen LogP contribution in [0.3, 0.4) is 0 Å². The Morgan fingerprint density at radius 1 is 0.484 bits per heavy atom. The summed E-state index contributed by atoms with van der Waals surface area (Å²) in [6.45, 7) is 0. The number of pyridine rings is 2. The zero-order valence-corrected chi connectivity index (χ0v) is 33.9. The van der Waals surface area contributed by atoms with E-state index in [9.17, 15) is 0 Å². The minimum Gasteiger partial charge on any atom is -0.452 e. The van der Waals surface area contributed by atoms with Gasteiger partial charge >= 0.3 is 0 Å². The molecule has 5 heterocycles. The Labute approximate surface area is 362 Å². The standard InChI is InChI=1S/C55H33N5OS/c1-3-14-35(15-4-1)49-39-18-7-9-21-44(39)58-54(59-49)36-27-25-34(26-28-36)37-32-43-51(57-33-37)50-41(20-13-31-56-50)55(43)40-19-8-12-24-48(40)62-53-42(55)29-30-46-52(53)61-47-23-11-10-22-45(47)60(46)38-16-5-2-6-17-38/h1-33H. The average Bonchev–Trinajstić information content (AvgIpc) is 3.63. The molecule has 13 rings (SSSR count). The molecule has 7 aromatic carbocycles. The molecular formula is C55H33N5OS. The van der Waals surface area contributed by atoms with Gasteiger partial charge in [0.2, 0.25) is 0 Å². The van der Waals surface area contributed by atoms with Gasteiger partial charge in [-0.2, -0.15) is 0 Å². The molecule has 0 bridgehead atoms. The minimum atomic E-state index is -0.710. The van der Waals surface area contributed by atoms with Crippen molar-refractivity contribution < 1.29 is 4.74 Å². The molecule has 290 valence electrons. The highest BCUT2D eigenvalue weighted by atomic mass is 32.2. The van der Waals surface area contributed by atoms with Gasteiger partial charge in [-0.1, -0.05) is 145 Å². The molecular weight excluding hydrogens is 779 g/mol. The van der Waals surface area contributed by atoms with Gasteiger partial charge in [0.25, 0.3) is 0 Å². The summed E-state index contributed by atoms with van der Waals surface area (Å²) in [5.74, 6) is 2.35. The second-order valence-corrected chi connectivity index (χ2v) is 16.8. The number of nitrogens with zero attached hydrogens (tertiary/aromatic N) is 5. The maximum Gasteiger partial charge on any atom is 0.165 e. The van der Waals surface area contributed by atoms with Crippen LogP contribution in [0.1, 0.15) is 22.3 Å². The summed E-state index contributed by atoms with van der Waals surface area (Å²) < 4.78 is 7.01. The number of hydrogen-bond acceptors (Lipinski definition) is 7. The van der Waals surface area contributed by atoms with Crippen LogP contribution in [0.25, 0.3) is 56.1 Å². The number of aromatic nitrogens is 4. The maximum atomic E-state index is 7.01. The Morgan fingerprint density at radius 2 is 1.21 bits per heavy atom. The minimum absolute atomic E-state index is 0.689. The van der Waals surface area contributed by atoms with E-state index in [2.05, 4.69) is 157 Å². The van der Waals surface area contributed by atoms with Crippen LogP contribution >= 0.6 is 11.8 Å². The molecule has 1 aliphatic carbocycles. The van der Waals surface area contributed by atoms with Crippen molar-refractivity contribution in [1.82, 2.24) is 19.9 Å². The van der Waals surface area contributed by atoms with Gasteiger partial charge in [-0.3, -0.25) is 9.97 Å². The molecule has 0 saturated heterocycles. The van der Waals surface area contributed by atoms with Gasteiger partial charge in [0.05, 0.1) is 44.3 Å². The predicted molar refractivity (Wildman–Crippen MR) is 248 cm³/mol. The smallest absolute Gasteiger partial charge is 0.165 e. The number of hydrogen-bond donors (Lipinski definition) is 0. The summed E-state index contributed by atoms with van der Waals surface area (Å²) in [6.07, 6.45) is 3.86. The van der Waals surface area contributed by atoms with Gasteiger partial charge in [0.1, 0.15) is 0 Å². The predicted octanol–water partition coefficient (Wildman–Crippen LogP) is 13.8. The number of rotatable bonds is 4. The topological polar surface area (TPSA) is 64.0 Å². The first-order valence-electron chi connectivity index (χ1n) is 20.7. The fourth-order valence-corrected chi connectivity index (χ4v) is 11.0. The fourth-order valence-electron chi connectivity index (χ4n) is 9.72. The Kier molecular flexibility index (Phi) is 7.65. The zero-order chi connectivity index (χ0) is 40.8. The van der Waals surface area contributed by atoms with Crippen molar-refractivity contribution in [1.29, 1.82) is 0 Å². The molecule has 0 radical (unpaired) electrons. The normalized spacial score (nSPS) is 15.2. The number of fused-ring (bicyclic) bond motifs is 13. The number of benzene rings is 7. The van der Waals surface area contributed by atoms with Crippen LogP contribution in [0.2, 0.25) is 0 Å². The fraction of sp³-hybridized carbons (Fsp3) is 0.0182. The van der Waals surface area contributed by atoms with Crippen LogP contribution in [0, 0.1) is 0 Å². The van der Waals surface area contributed by atoms with E-state index in [-0.39, 0.29) is 0 Å². The van der Waals surface area contributed by atoms with Crippen LogP contribution in [0.5, 0.6) is 11.5 Å². The van der Waals surface area contributed by atoms with E-state index >= 15 is 0 Å². The first-order valence-corrected chi connectivity index (χ1v) is 21.5. The molecule has 1 spiro atoms. The highest BCUT2D eigenvalue weighted by Gasteiger charge is 2.53. The van der Waals surface area contributed by atoms with E-state index in [0.717, 1.165) is 100 Å². The Morgan fingerprint density at radius 3 is 2.10 bits per heavy atom. The molecule has 3 aromatic heterocycles. The SMILES string of the molecule is c1ccc(-c2nc(-c3ccc(-c4cnc5c(c4)C4(c6ccccc6Sc6c4ccc4c6Oc6ccccc6N4c4ccccc4)c4cccnc4-5)cc3)nc3ccccc23)cc1. The third-order valence-electron chi connectivity index (χ3n) is 12.4. The van der Waals surface area contributed by atoms with Gasteiger partial charge in [-0.15, -0.1) is 0 Å². The molecule has 0 N–H and O–H groups in total. The van der Waals surface area contributed by atoms with Crippen LogP contribution in [-0.4, -0.2) is 19.9 Å². The van der Waals surface area contributed by atoms with E-state index in [1.165, 1.54) is 10.5 Å². The van der Waals surface area contributed by atoms with Gasteiger partial charge in [0.15, 0.2) is 17.3 Å². The van der Waals surface area contributed by atoms with E-state index in [1.54, 1.807) is 11.8 Å². The van der Waals surface area contributed by atoms with Crippen LogP contribution in [0.15, 0.2) is 210 Å². The monoisotopic (exact) mass is 811 g/mol. The van der Waals surface area contributed by atoms with Crippen molar-refractivity contribution in [2.45, 2.75) is 15.2 Å². The first kappa shape index (κ1) is 34.9. The molecule has 1 unspecified atom stereocenters. The molecule has 10 aromatic rings.